The Hall–Kier alpha value is -2.13. The number of amides is 1. The van der Waals surface area contributed by atoms with E-state index in [1.807, 2.05) is 30.3 Å². The van der Waals surface area contributed by atoms with Crippen LogP contribution < -0.4 is 10.4 Å². The van der Waals surface area contributed by atoms with E-state index >= 15 is 0 Å². The zero-order valence-corrected chi connectivity index (χ0v) is 16.5. The summed E-state index contributed by atoms with van der Waals surface area (Å²) in [5.74, 6) is 0.230. The number of carbonyl (C=O) groups excluding carboxylic acids is 1. The van der Waals surface area contributed by atoms with Crippen LogP contribution in [-0.4, -0.2) is 12.5 Å². The van der Waals surface area contributed by atoms with Crippen molar-refractivity contribution in [2.75, 3.05) is 11.6 Å². The van der Waals surface area contributed by atoms with Crippen LogP contribution in [0.25, 0.3) is 0 Å². The molecule has 2 unspecified atom stereocenters. The first-order valence-electron chi connectivity index (χ1n) is 9.77. The first-order chi connectivity index (χ1) is 12.6. The highest BCUT2D eigenvalue weighted by atomic mass is 16.2. The van der Waals surface area contributed by atoms with Crippen molar-refractivity contribution in [2.45, 2.75) is 52.9 Å². The van der Waals surface area contributed by atoms with Gasteiger partial charge < -0.3 is 0 Å². The number of hydrogen-bond donors (Lipinski definition) is 1. The summed E-state index contributed by atoms with van der Waals surface area (Å²) in [5.41, 5.74) is 6.52. The number of hydrazine groups is 1. The van der Waals surface area contributed by atoms with Gasteiger partial charge in [-0.3, -0.25) is 4.79 Å². The standard InChI is InChI=1S/C23H32N2O/c1-5-7-16-24-25(21-15-11-12-18(3)17-21)23(26)22(19(4)6-2)20-13-9-8-10-14-20/h8-15,17,19,22,24H,5-7,16H2,1-4H3. The number of rotatable bonds is 9. The van der Waals surface area contributed by atoms with Gasteiger partial charge >= 0.3 is 0 Å². The van der Waals surface area contributed by atoms with E-state index in [1.54, 1.807) is 5.01 Å². The van der Waals surface area contributed by atoms with Crippen LogP contribution in [0.1, 0.15) is 57.1 Å². The van der Waals surface area contributed by atoms with Gasteiger partial charge in [0.25, 0.3) is 0 Å². The summed E-state index contributed by atoms with van der Waals surface area (Å²) in [7, 11) is 0. The van der Waals surface area contributed by atoms with E-state index in [2.05, 4.69) is 57.4 Å². The number of nitrogens with one attached hydrogen (secondary N) is 1. The predicted molar refractivity (Wildman–Crippen MR) is 110 cm³/mol. The van der Waals surface area contributed by atoms with Gasteiger partial charge in [-0.05, 0) is 42.5 Å². The summed E-state index contributed by atoms with van der Waals surface area (Å²) in [6.45, 7) is 9.32. The van der Waals surface area contributed by atoms with Gasteiger partial charge in [-0.15, -0.1) is 0 Å². The summed E-state index contributed by atoms with van der Waals surface area (Å²) in [4.78, 5) is 13.6. The van der Waals surface area contributed by atoms with Gasteiger partial charge in [0, 0.05) is 6.54 Å². The summed E-state index contributed by atoms with van der Waals surface area (Å²) in [6.07, 6.45) is 3.09. The molecule has 2 aromatic rings. The van der Waals surface area contributed by atoms with Crippen LogP contribution >= 0.6 is 0 Å². The molecule has 0 aromatic heterocycles. The highest BCUT2D eigenvalue weighted by molar-refractivity contribution is 5.97. The van der Waals surface area contributed by atoms with Crippen molar-refractivity contribution in [3.63, 3.8) is 0 Å². The Balaban J connectivity index is 2.38. The molecular weight excluding hydrogens is 320 g/mol. The van der Waals surface area contributed by atoms with Crippen LogP contribution in [0.4, 0.5) is 5.69 Å². The highest BCUT2D eigenvalue weighted by Crippen LogP contribution is 2.30. The largest absolute Gasteiger partial charge is 0.272 e. The lowest BCUT2D eigenvalue weighted by molar-refractivity contribution is -0.121. The summed E-state index contributed by atoms with van der Waals surface area (Å²) >= 11 is 0. The maximum absolute atomic E-state index is 13.6. The second kappa shape index (κ2) is 10.1. The lowest BCUT2D eigenvalue weighted by atomic mass is 9.84. The van der Waals surface area contributed by atoms with Crippen molar-refractivity contribution in [1.29, 1.82) is 0 Å². The Morgan fingerprint density at radius 2 is 1.81 bits per heavy atom. The lowest BCUT2D eigenvalue weighted by Crippen LogP contribution is -2.47. The number of unbranched alkanes of at least 4 members (excludes halogenated alkanes) is 1. The Kier molecular flexibility index (Phi) is 7.86. The lowest BCUT2D eigenvalue weighted by Gasteiger charge is -2.31. The van der Waals surface area contributed by atoms with Crippen molar-refractivity contribution in [3.8, 4) is 0 Å². The number of nitrogens with zero attached hydrogens (tertiary/aromatic N) is 1. The molecule has 26 heavy (non-hydrogen) atoms. The van der Waals surface area contributed by atoms with Crippen LogP contribution in [0, 0.1) is 12.8 Å². The number of anilines is 1. The molecule has 0 radical (unpaired) electrons. The van der Waals surface area contributed by atoms with E-state index in [0.29, 0.717) is 0 Å². The molecule has 0 aliphatic carbocycles. The molecular formula is C23H32N2O. The van der Waals surface area contributed by atoms with E-state index < -0.39 is 0 Å². The Bertz CT molecular complexity index is 684. The fraction of sp³-hybridized carbons (Fsp3) is 0.435. The van der Waals surface area contributed by atoms with E-state index in [4.69, 9.17) is 0 Å². The molecule has 0 saturated heterocycles. The molecule has 0 spiro atoms. The Morgan fingerprint density at radius 1 is 1.08 bits per heavy atom. The van der Waals surface area contributed by atoms with E-state index in [1.165, 1.54) is 0 Å². The maximum atomic E-state index is 13.6. The monoisotopic (exact) mass is 352 g/mol. The average molecular weight is 353 g/mol. The average Bonchev–Trinajstić information content (AvgIpc) is 2.66. The van der Waals surface area contributed by atoms with Crippen LogP contribution in [-0.2, 0) is 4.79 Å². The summed E-state index contributed by atoms with van der Waals surface area (Å²) < 4.78 is 0. The minimum absolute atomic E-state index is 0.118. The van der Waals surface area contributed by atoms with Crippen LogP contribution in [0.5, 0.6) is 0 Å². The molecule has 1 N–H and O–H groups in total. The van der Waals surface area contributed by atoms with Crippen LogP contribution in [0.15, 0.2) is 54.6 Å². The van der Waals surface area contributed by atoms with E-state index in [9.17, 15) is 4.79 Å². The van der Waals surface area contributed by atoms with Gasteiger partial charge in [-0.1, -0.05) is 76.1 Å². The molecule has 0 aliphatic heterocycles. The summed E-state index contributed by atoms with van der Waals surface area (Å²) in [6, 6.07) is 18.3. The van der Waals surface area contributed by atoms with E-state index in [-0.39, 0.29) is 17.7 Å². The topological polar surface area (TPSA) is 32.3 Å². The molecule has 0 aliphatic rings. The zero-order chi connectivity index (χ0) is 18.9. The van der Waals surface area contributed by atoms with Crippen molar-refractivity contribution in [1.82, 2.24) is 5.43 Å². The molecule has 0 heterocycles. The van der Waals surface area contributed by atoms with Crippen molar-refractivity contribution >= 4 is 11.6 Å². The third kappa shape index (κ3) is 5.18. The first kappa shape index (κ1) is 20.2. The third-order valence-corrected chi connectivity index (χ3v) is 4.92. The van der Waals surface area contributed by atoms with Crippen LogP contribution in [0.2, 0.25) is 0 Å². The van der Waals surface area contributed by atoms with Gasteiger partial charge in [-0.2, -0.15) is 0 Å². The molecule has 0 bridgehead atoms. The molecule has 1 amide bonds. The first-order valence-corrected chi connectivity index (χ1v) is 9.77. The number of aryl methyl sites for hydroxylation is 1. The highest BCUT2D eigenvalue weighted by Gasteiger charge is 2.30. The molecule has 2 atom stereocenters. The fourth-order valence-electron chi connectivity index (χ4n) is 3.18. The zero-order valence-electron chi connectivity index (χ0n) is 16.5. The molecule has 0 fully saturated rings. The minimum atomic E-state index is -0.157. The van der Waals surface area contributed by atoms with Gasteiger partial charge in [0.2, 0.25) is 5.91 Å². The van der Waals surface area contributed by atoms with Crippen molar-refractivity contribution < 1.29 is 4.79 Å². The maximum Gasteiger partial charge on any atom is 0.249 e. The van der Waals surface area contributed by atoms with E-state index in [0.717, 1.165) is 42.6 Å². The van der Waals surface area contributed by atoms with Crippen LogP contribution in [0.3, 0.4) is 0 Å². The second-order valence-corrected chi connectivity index (χ2v) is 7.05. The molecule has 2 rings (SSSR count). The van der Waals surface area contributed by atoms with Gasteiger partial charge in [0.05, 0.1) is 11.6 Å². The van der Waals surface area contributed by atoms with Gasteiger partial charge in [-0.25, -0.2) is 10.4 Å². The normalized spacial score (nSPS) is 13.2. The molecule has 140 valence electrons. The Morgan fingerprint density at radius 3 is 2.42 bits per heavy atom. The van der Waals surface area contributed by atoms with Crippen molar-refractivity contribution in [2.24, 2.45) is 5.92 Å². The van der Waals surface area contributed by atoms with Gasteiger partial charge in [0.15, 0.2) is 0 Å². The summed E-state index contributed by atoms with van der Waals surface area (Å²) in [5, 5.41) is 1.77. The molecule has 0 saturated carbocycles. The van der Waals surface area contributed by atoms with Crippen molar-refractivity contribution in [3.05, 3.63) is 65.7 Å². The number of carbonyl (C=O) groups is 1. The van der Waals surface area contributed by atoms with Gasteiger partial charge in [0.1, 0.15) is 0 Å². The predicted octanol–water partition coefficient (Wildman–Crippen LogP) is 5.46. The number of benzene rings is 2. The molecule has 3 heteroatoms. The molecule has 3 nitrogen and oxygen atoms in total. The Labute approximate surface area is 158 Å². The quantitative estimate of drug-likeness (QED) is 0.480. The second-order valence-electron chi connectivity index (χ2n) is 7.05. The number of hydrogen-bond acceptors (Lipinski definition) is 2. The smallest absolute Gasteiger partial charge is 0.249 e. The minimum Gasteiger partial charge on any atom is -0.272 e. The fourth-order valence-corrected chi connectivity index (χ4v) is 3.18. The molecule has 2 aromatic carbocycles. The third-order valence-electron chi connectivity index (χ3n) is 4.92. The SMILES string of the molecule is CCCCNN(C(=O)C(c1ccccc1)C(C)CC)c1cccc(C)c1.